The third-order valence-electron chi connectivity index (χ3n) is 4.45. The normalized spacial score (nSPS) is 18.3. The Balaban J connectivity index is 2.51. The van der Waals surface area contributed by atoms with E-state index in [2.05, 4.69) is 29.1 Å². The van der Waals surface area contributed by atoms with Crippen LogP contribution in [0.15, 0.2) is 16.8 Å². The molecule has 2 atom stereocenters. The van der Waals surface area contributed by atoms with Gasteiger partial charge in [0.25, 0.3) is 0 Å². The van der Waals surface area contributed by atoms with Gasteiger partial charge in [-0.1, -0.05) is 19.8 Å². The van der Waals surface area contributed by atoms with Crippen molar-refractivity contribution >= 4 is 12.2 Å². The molecule has 0 aliphatic carbocycles. The average Bonchev–Trinajstić information content (AvgIpc) is 3.13. The first-order chi connectivity index (χ1) is 12.5. The van der Waals surface area contributed by atoms with Gasteiger partial charge in [-0.2, -0.15) is 0 Å². The van der Waals surface area contributed by atoms with Crippen LogP contribution in [-0.2, 0) is 9.53 Å². The summed E-state index contributed by atoms with van der Waals surface area (Å²) >= 11 is 0. The number of likely N-dealkylation sites (N-methyl/N-ethyl adjacent to an activating group) is 1. The Hall–Kier alpha value is -1.64. The van der Waals surface area contributed by atoms with Gasteiger partial charge in [0, 0.05) is 32.4 Å². The first-order valence-corrected chi connectivity index (χ1v) is 9.45. The van der Waals surface area contributed by atoms with Crippen molar-refractivity contribution in [1.29, 1.82) is 0 Å². The fraction of sp³-hybridized carbons (Fsp3) is 0.778. The maximum atomic E-state index is 11.1. The molecule has 0 saturated carbocycles. The second kappa shape index (κ2) is 12.7. The highest BCUT2D eigenvalue weighted by Gasteiger charge is 2.23. The van der Waals surface area contributed by atoms with Crippen molar-refractivity contribution in [2.45, 2.75) is 45.4 Å². The molecule has 0 aromatic carbocycles. The molecule has 8 nitrogen and oxygen atoms in total. The van der Waals surface area contributed by atoms with E-state index >= 15 is 0 Å². The van der Waals surface area contributed by atoms with Crippen LogP contribution in [0.1, 0.15) is 33.1 Å². The van der Waals surface area contributed by atoms with Crippen LogP contribution in [0.5, 0.6) is 0 Å². The Morgan fingerprint density at radius 3 is 2.81 bits per heavy atom. The lowest BCUT2D eigenvalue weighted by molar-refractivity contribution is -0.119. The minimum atomic E-state index is -0.567. The van der Waals surface area contributed by atoms with Crippen LogP contribution in [0.25, 0.3) is 0 Å². The van der Waals surface area contributed by atoms with Gasteiger partial charge >= 0.3 is 0 Å². The van der Waals surface area contributed by atoms with Gasteiger partial charge in [-0.3, -0.25) is 9.79 Å². The van der Waals surface area contributed by atoms with Crippen LogP contribution < -0.4 is 11.1 Å². The van der Waals surface area contributed by atoms with E-state index < -0.39 is 6.23 Å². The summed E-state index contributed by atoms with van der Waals surface area (Å²) in [5.74, 6) is 0.591. The van der Waals surface area contributed by atoms with E-state index in [0.29, 0.717) is 25.5 Å². The minimum absolute atomic E-state index is 0.0164. The molecule has 26 heavy (non-hydrogen) atoms. The highest BCUT2D eigenvalue weighted by atomic mass is 16.5. The summed E-state index contributed by atoms with van der Waals surface area (Å²) in [4.78, 5) is 19.2. The van der Waals surface area contributed by atoms with Crippen LogP contribution in [0.2, 0.25) is 0 Å². The lowest BCUT2D eigenvalue weighted by Crippen LogP contribution is -2.40. The van der Waals surface area contributed by atoms with E-state index in [-0.39, 0.29) is 12.6 Å². The molecule has 8 heteroatoms. The van der Waals surface area contributed by atoms with E-state index in [1.807, 2.05) is 13.1 Å². The van der Waals surface area contributed by atoms with Crippen molar-refractivity contribution < 1.29 is 14.6 Å². The molecule has 1 amide bonds. The van der Waals surface area contributed by atoms with Crippen molar-refractivity contribution in [1.82, 2.24) is 15.1 Å². The maximum absolute atomic E-state index is 11.1. The Bertz CT molecular complexity index is 470. The molecule has 150 valence electrons. The molecule has 0 aromatic heterocycles. The van der Waals surface area contributed by atoms with Gasteiger partial charge in [0.1, 0.15) is 18.7 Å². The van der Waals surface area contributed by atoms with Gasteiger partial charge in [0.2, 0.25) is 6.41 Å². The SMILES string of the molecule is CCCCCN(C=O)CCOC(N)/C=C(/C1CN=C(CO)N1)N(C)CC. The van der Waals surface area contributed by atoms with Crippen LogP contribution in [-0.4, -0.2) is 85.9 Å². The molecule has 1 aliphatic rings. The number of aliphatic hydroxyl groups excluding tert-OH is 1. The first kappa shape index (κ1) is 22.4. The van der Waals surface area contributed by atoms with E-state index in [1.54, 1.807) is 4.90 Å². The molecular formula is C18H35N5O3. The molecule has 0 bridgehead atoms. The summed E-state index contributed by atoms with van der Waals surface area (Å²) in [6.45, 7) is 7.16. The summed E-state index contributed by atoms with van der Waals surface area (Å²) in [5, 5.41) is 12.4. The van der Waals surface area contributed by atoms with Gasteiger partial charge < -0.3 is 30.7 Å². The zero-order valence-electron chi connectivity index (χ0n) is 16.4. The van der Waals surface area contributed by atoms with Gasteiger partial charge in [-0.05, 0) is 19.4 Å². The summed E-state index contributed by atoms with van der Waals surface area (Å²) in [6.07, 6.45) is 5.43. The Morgan fingerprint density at radius 2 is 2.23 bits per heavy atom. The molecule has 1 rings (SSSR count). The zero-order chi connectivity index (χ0) is 19.4. The highest BCUT2D eigenvalue weighted by Crippen LogP contribution is 2.13. The minimum Gasteiger partial charge on any atom is -0.388 e. The second-order valence-electron chi connectivity index (χ2n) is 6.43. The summed E-state index contributed by atoms with van der Waals surface area (Å²) in [6, 6.07) is -0.0164. The fourth-order valence-electron chi connectivity index (χ4n) is 2.75. The second-order valence-corrected chi connectivity index (χ2v) is 6.43. The molecular weight excluding hydrogens is 334 g/mol. The number of hydrogen-bond donors (Lipinski definition) is 3. The van der Waals surface area contributed by atoms with E-state index in [0.717, 1.165) is 44.5 Å². The quantitative estimate of drug-likeness (QED) is 0.229. The van der Waals surface area contributed by atoms with E-state index in [9.17, 15) is 9.90 Å². The number of unbranched alkanes of at least 4 members (excludes halogenated alkanes) is 2. The van der Waals surface area contributed by atoms with Crippen LogP contribution in [0.4, 0.5) is 0 Å². The monoisotopic (exact) mass is 369 g/mol. The molecule has 1 aliphatic heterocycles. The van der Waals surface area contributed by atoms with Crippen LogP contribution >= 0.6 is 0 Å². The lowest BCUT2D eigenvalue weighted by Gasteiger charge is -2.27. The topological polar surface area (TPSA) is 103 Å². The summed E-state index contributed by atoms with van der Waals surface area (Å²) in [7, 11) is 1.99. The van der Waals surface area contributed by atoms with E-state index in [4.69, 9.17) is 10.5 Å². The number of amidine groups is 1. The third kappa shape index (κ3) is 7.72. The van der Waals surface area contributed by atoms with Crippen LogP contribution in [0, 0.1) is 0 Å². The molecule has 0 aromatic rings. The summed E-state index contributed by atoms with van der Waals surface area (Å²) in [5.41, 5.74) is 7.09. The average molecular weight is 370 g/mol. The third-order valence-corrected chi connectivity index (χ3v) is 4.45. The molecule has 1 heterocycles. The number of carbonyl (C=O) groups is 1. The van der Waals surface area contributed by atoms with Crippen molar-refractivity contribution in [3.63, 3.8) is 0 Å². The number of nitrogens with zero attached hydrogens (tertiary/aromatic N) is 3. The fourth-order valence-corrected chi connectivity index (χ4v) is 2.75. The maximum Gasteiger partial charge on any atom is 0.209 e. The molecule has 0 saturated heterocycles. The molecule has 0 fully saturated rings. The van der Waals surface area contributed by atoms with Crippen molar-refractivity contribution in [2.75, 3.05) is 46.4 Å². The highest BCUT2D eigenvalue weighted by molar-refractivity contribution is 5.85. The number of hydrogen-bond acceptors (Lipinski definition) is 7. The number of amides is 1. The number of aliphatic imine (C=N–C) groups is 1. The predicted octanol–water partition coefficient (Wildman–Crippen LogP) is 0.135. The van der Waals surface area contributed by atoms with Gasteiger partial charge in [-0.25, -0.2) is 0 Å². The Kier molecular flexibility index (Phi) is 10.9. The Morgan fingerprint density at radius 1 is 1.46 bits per heavy atom. The van der Waals surface area contributed by atoms with E-state index in [1.165, 1.54) is 0 Å². The largest absolute Gasteiger partial charge is 0.388 e. The molecule has 2 unspecified atom stereocenters. The van der Waals surface area contributed by atoms with Gasteiger partial charge in [0.15, 0.2) is 0 Å². The first-order valence-electron chi connectivity index (χ1n) is 9.45. The number of ether oxygens (including phenoxy) is 1. The Labute approximate surface area is 157 Å². The summed E-state index contributed by atoms with van der Waals surface area (Å²) < 4.78 is 5.68. The molecule has 4 N–H and O–H groups in total. The molecule has 0 spiro atoms. The van der Waals surface area contributed by atoms with Crippen molar-refractivity contribution in [3.8, 4) is 0 Å². The molecule has 0 radical (unpaired) electrons. The van der Waals surface area contributed by atoms with Gasteiger partial charge in [0.05, 0.1) is 19.2 Å². The smallest absolute Gasteiger partial charge is 0.209 e. The van der Waals surface area contributed by atoms with Crippen molar-refractivity contribution in [2.24, 2.45) is 10.7 Å². The predicted molar refractivity (Wildman–Crippen MR) is 104 cm³/mol. The number of carbonyl (C=O) groups excluding carboxylic acids is 1. The van der Waals surface area contributed by atoms with Crippen LogP contribution in [0.3, 0.4) is 0 Å². The van der Waals surface area contributed by atoms with Gasteiger partial charge in [-0.15, -0.1) is 0 Å². The van der Waals surface area contributed by atoms with Crippen molar-refractivity contribution in [3.05, 3.63) is 11.8 Å². The lowest BCUT2D eigenvalue weighted by atomic mass is 10.1. The zero-order valence-corrected chi connectivity index (χ0v) is 16.4. The number of nitrogens with two attached hydrogens (primary N) is 1. The number of aliphatic hydroxyl groups is 1. The number of nitrogens with one attached hydrogen (secondary N) is 1. The standard InChI is InChI=1S/C18H35N5O3/c1-4-6-7-8-23(14-25)9-10-26-17(19)11-16(22(3)5-2)15-12-20-18(13-24)21-15/h11,14-15,17,24H,4-10,12-13,19H2,1-3H3,(H,20,21)/b16-11-. The number of rotatable bonds is 14.